The van der Waals surface area contributed by atoms with Crippen molar-refractivity contribution >= 4 is 22.4 Å². The molecule has 0 amide bonds. The normalized spacial score (nSPS) is 14.5. The second-order valence-electron chi connectivity index (χ2n) is 9.48. The predicted molar refractivity (Wildman–Crippen MR) is 145 cm³/mol. The van der Waals surface area contributed by atoms with Crippen molar-refractivity contribution in [1.29, 1.82) is 0 Å². The molecule has 1 aromatic heterocycles. The van der Waals surface area contributed by atoms with Gasteiger partial charge in [-0.15, -0.1) is 0 Å². The number of aryl methyl sites for hydroxylation is 2. The lowest BCUT2D eigenvalue weighted by Gasteiger charge is -2.20. The molecule has 0 aliphatic heterocycles. The summed E-state index contributed by atoms with van der Waals surface area (Å²) in [6, 6.07) is 6.52. The number of nitrogens with two attached hydrogens (primary N) is 1. The molecule has 6 heteroatoms. The standard InChI is InChI=1S/C25H30F2N4.2C2H6/c1-6-15-10-19-22(21-12-25(4,5)11-20(15)21)30-14(3)31-24(19)29-13(2)16-7-17(23(26)27)9-18(28)8-16;2*1-2/h7-10,13,23H,6,11-12,28H2,1-5H3,(H,29,30,31);2*1-2H3/t13-;;/m1../s1. The van der Waals surface area contributed by atoms with E-state index in [0.29, 0.717) is 17.1 Å². The van der Waals surface area contributed by atoms with Crippen LogP contribution in [-0.4, -0.2) is 9.97 Å². The Balaban J connectivity index is 0.00000103. The lowest BCUT2D eigenvalue weighted by Crippen LogP contribution is -2.11. The molecule has 1 aliphatic rings. The van der Waals surface area contributed by atoms with Crippen LogP contribution in [0.2, 0.25) is 0 Å². The highest BCUT2D eigenvalue weighted by atomic mass is 19.3. The Morgan fingerprint density at radius 2 is 1.57 bits per heavy atom. The van der Waals surface area contributed by atoms with Crippen molar-refractivity contribution in [3.05, 3.63) is 57.9 Å². The average molecular weight is 485 g/mol. The number of fused-ring (bicyclic) bond motifs is 3. The molecule has 1 heterocycles. The molecule has 2 aromatic carbocycles. The van der Waals surface area contributed by atoms with Gasteiger partial charge in [-0.1, -0.05) is 48.5 Å². The van der Waals surface area contributed by atoms with Gasteiger partial charge in [0.15, 0.2) is 0 Å². The van der Waals surface area contributed by atoms with Gasteiger partial charge in [0.2, 0.25) is 0 Å². The van der Waals surface area contributed by atoms with Gasteiger partial charge in [-0.05, 0) is 85.0 Å². The van der Waals surface area contributed by atoms with Gasteiger partial charge in [-0.2, -0.15) is 0 Å². The van der Waals surface area contributed by atoms with E-state index in [1.807, 2.05) is 41.5 Å². The smallest absolute Gasteiger partial charge is 0.263 e. The third-order valence-electron chi connectivity index (χ3n) is 6.21. The first-order chi connectivity index (χ1) is 16.6. The SMILES string of the molecule is CC.CC.CCc1cc2c(N[C@H](C)c3cc(N)cc(C(F)F)c3)nc(C)nc2c2c1CC(C)(C)C2. The zero-order valence-corrected chi connectivity index (χ0v) is 22.8. The number of benzene rings is 2. The van der Waals surface area contributed by atoms with Crippen molar-refractivity contribution in [1.82, 2.24) is 9.97 Å². The van der Waals surface area contributed by atoms with Crippen LogP contribution < -0.4 is 11.1 Å². The predicted octanol–water partition coefficient (Wildman–Crippen LogP) is 8.37. The second kappa shape index (κ2) is 11.8. The van der Waals surface area contributed by atoms with E-state index < -0.39 is 6.43 Å². The number of anilines is 2. The number of nitrogen functional groups attached to an aromatic ring is 1. The fraction of sp³-hybridized carbons (Fsp3) is 0.517. The zero-order chi connectivity index (χ0) is 26.5. The first-order valence-corrected chi connectivity index (χ1v) is 12.8. The Morgan fingerprint density at radius 1 is 0.971 bits per heavy atom. The first kappa shape index (κ1) is 28.5. The molecule has 0 fully saturated rings. The number of rotatable bonds is 5. The number of hydrogen-bond donors (Lipinski definition) is 2. The van der Waals surface area contributed by atoms with Crippen LogP contribution in [0.1, 0.15) is 101 Å². The van der Waals surface area contributed by atoms with Gasteiger partial charge in [0.1, 0.15) is 11.6 Å². The monoisotopic (exact) mass is 484 g/mol. The van der Waals surface area contributed by atoms with Gasteiger partial charge in [0.05, 0.1) is 11.6 Å². The number of nitrogens with one attached hydrogen (secondary N) is 1. The molecule has 192 valence electrons. The zero-order valence-electron chi connectivity index (χ0n) is 22.8. The van der Waals surface area contributed by atoms with Crippen molar-refractivity contribution in [2.24, 2.45) is 5.41 Å². The fourth-order valence-corrected chi connectivity index (χ4v) is 4.77. The van der Waals surface area contributed by atoms with Gasteiger partial charge >= 0.3 is 0 Å². The van der Waals surface area contributed by atoms with E-state index in [0.717, 1.165) is 36.0 Å². The van der Waals surface area contributed by atoms with Crippen LogP contribution in [0.25, 0.3) is 10.9 Å². The maximum absolute atomic E-state index is 13.3. The Morgan fingerprint density at radius 3 is 2.17 bits per heavy atom. The minimum absolute atomic E-state index is 0.0688. The third kappa shape index (κ3) is 6.28. The minimum atomic E-state index is -2.56. The molecule has 3 N–H and O–H groups in total. The van der Waals surface area contributed by atoms with Crippen LogP contribution in [0.5, 0.6) is 0 Å². The summed E-state index contributed by atoms with van der Waals surface area (Å²) in [4.78, 5) is 9.49. The Bertz CT molecular complexity index is 1160. The molecule has 1 atom stereocenters. The largest absolute Gasteiger partial charge is 0.399 e. The molecular formula is C29H42F2N4. The van der Waals surface area contributed by atoms with Gasteiger partial charge < -0.3 is 11.1 Å². The van der Waals surface area contributed by atoms with Crippen LogP contribution in [-0.2, 0) is 19.3 Å². The van der Waals surface area contributed by atoms with Crippen molar-refractivity contribution in [3.8, 4) is 0 Å². The average Bonchev–Trinajstić information content (AvgIpc) is 3.16. The van der Waals surface area contributed by atoms with Gasteiger partial charge in [-0.25, -0.2) is 18.7 Å². The number of halogens is 2. The maximum atomic E-state index is 13.3. The van der Waals surface area contributed by atoms with Gasteiger partial charge in [-0.3, -0.25) is 0 Å². The highest BCUT2D eigenvalue weighted by molar-refractivity contribution is 5.93. The Kier molecular flexibility index (Phi) is 9.59. The summed E-state index contributed by atoms with van der Waals surface area (Å²) in [6.07, 6.45) is 0.438. The molecular weight excluding hydrogens is 442 g/mol. The highest BCUT2D eigenvalue weighted by Crippen LogP contribution is 2.43. The van der Waals surface area contributed by atoms with Crippen LogP contribution in [0, 0.1) is 12.3 Å². The van der Waals surface area contributed by atoms with Crippen molar-refractivity contribution in [2.45, 2.75) is 94.0 Å². The fourth-order valence-electron chi connectivity index (χ4n) is 4.77. The lowest BCUT2D eigenvalue weighted by atomic mass is 9.90. The maximum Gasteiger partial charge on any atom is 0.263 e. The molecule has 0 unspecified atom stereocenters. The van der Waals surface area contributed by atoms with Crippen LogP contribution in [0.4, 0.5) is 20.3 Å². The molecule has 0 radical (unpaired) electrons. The Labute approximate surface area is 209 Å². The topological polar surface area (TPSA) is 63.8 Å². The molecule has 0 saturated heterocycles. The van der Waals surface area contributed by atoms with Crippen molar-refractivity contribution < 1.29 is 8.78 Å². The van der Waals surface area contributed by atoms with Crippen LogP contribution in [0.15, 0.2) is 24.3 Å². The van der Waals surface area contributed by atoms with Crippen molar-refractivity contribution in [2.75, 3.05) is 11.1 Å². The Hall–Kier alpha value is -2.76. The number of nitrogens with zero attached hydrogens (tertiary/aromatic N) is 2. The number of hydrogen-bond acceptors (Lipinski definition) is 4. The molecule has 1 aliphatic carbocycles. The van der Waals surface area contributed by atoms with Crippen molar-refractivity contribution in [3.63, 3.8) is 0 Å². The van der Waals surface area contributed by atoms with Crippen LogP contribution in [0.3, 0.4) is 0 Å². The summed E-state index contributed by atoms with van der Waals surface area (Å²) in [6.45, 7) is 18.6. The summed E-state index contributed by atoms with van der Waals surface area (Å²) in [5, 5.41) is 4.44. The molecule has 0 spiro atoms. The van der Waals surface area contributed by atoms with Crippen LogP contribution >= 0.6 is 0 Å². The van der Waals surface area contributed by atoms with E-state index in [-0.39, 0.29) is 17.0 Å². The highest BCUT2D eigenvalue weighted by Gasteiger charge is 2.32. The first-order valence-electron chi connectivity index (χ1n) is 12.8. The summed E-state index contributed by atoms with van der Waals surface area (Å²) in [5.74, 6) is 1.43. The molecule has 4 nitrogen and oxygen atoms in total. The van der Waals surface area contributed by atoms with E-state index in [1.54, 1.807) is 6.07 Å². The van der Waals surface area contributed by atoms with Gasteiger partial charge in [0.25, 0.3) is 6.43 Å². The van der Waals surface area contributed by atoms with E-state index in [9.17, 15) is 8.78 Å². The molecule has 4 rings (SSSR count). The summed E-state index contributed by atoms with van der Waals surface area (Å²) in [7, 11) is 0. The number of alkyl halides is 2. The number of aromatic nitrogens is 2. The lowest BCUT2D eigenvalue weighted by molar-refractivity contribution is 0.151. The molecule has 0 bridgehead atoms. The molecule has 3 aromatic rings. The summed E-state index contributed by atoms with van der Waals surface area (Å²) >= 11 is 0. The van der Waals surface area contributed by atoms with Gasteiger partial charge in [0, 0.05) is 16.6 Å². The van der Waals surface area contributed by atoms with E-state index in [2.05, 4.69) is 37.1 Å². The van der Waals surface area contributed by atoms with E-state index >= 15 is 0 Å². The second-order valence-corrected chi connectivity index (χ2v) is 9.48. The third-order valence-corrected chi connectivity index (χ3v) is 6.21. The molecule has 0 saturated carbocycles. The molecule has 35 heavy (non-hydrogen) atoms. The van der Waals surface area contributed by atoms with E-state index in [4.69, 9.17) is 10.7 Å². The summed E-state index contributed by atoms with van der Waals surface area (Å²) in [5.41, 5.74) is 12.1. The van der Waals surface area contributed by atoms with E-state index in [1.165, 1.54) is 28.8 Å². The minimum Gasteiger partial charge on any atom is -0.399 e. The quantitative estimate of drug-likeness (QED) is 0.357. The summed E-state index contributed by atoms with van der Waals surface area (Å²) < 4.78 is 26.5.